The first-order chi connectivity index (χ1) is 12.5. The number of ether oxygens (including phenoxy) is 1. The molecule has 1 fully saturated rings. The van der Waals surface area contributed by atoms with Crippen molar-refractivity contribution in [3.63, 3.8) is 0 Å². The lowest BCUT2D eigenvalue weighted by molar-refractivity contribution is 0.0476. The standard InChI is InChI=1S/C19H15FN2O4/c1-10-17-14(8-15(11-2-3-11)21-18(17)26-22-10)19(24)25-9-16(23)12-4-6-13(20)7-5-12/h4-8,11H,2-3,9H2,1H3. The molecule has 6 nitrogen and oxygen atoms in total. The van der Waals surface area contributed by atoms with E-state index >= 15 is 0 Å². The van der Waals surface area contributed by atoms with Crippen molar-refractivity contribution in [2.45, 2.75) is 25.7 Å². The third-order valence-electron chi connectivity index (χ3n) is 4.35. The second kappa shape index (κ2) is 6.33. The number of hydrogen-bond donors (Lipinski definition) is 0. The highest BCUT2D eigenvalue weighted by atomic mass is 19.1. The zero-order valence-corrected chi connectivity index (χ0v) is 14.0. The zero-order chi connectivity index (χ0) is 18.3. The first-order valence-corrected chi connectivity index (χ1v) is 8.25. The molecule has 0 amide bonds. The van der Waals surface area contributed by atoms with Crippen molar-refractivity contribution in [1.82, 2.24) is 10.1 Å². The summed E-state index contributed by atoms with van der Waals surface area (Å²) in [7, 11) is 0. The van der Waals surface area contributed by atoms with Crippen LogP contribution in [0.1, 0.15) is 50.9 Å². The van der Waals surface area contributed by atoms with Gasteiger partial charge in [-0.3, -0.25) is 4.79 Å². The second-order valence-corrected chi connectivity index (χ2v) is 6.32. The molecule has 0 atom stereocenters. The molecule has 0 bridgehead atoms. The summed E-state index contributed by atoms with van der Waals surface area (Å²) < 4.78 is 23.3. The van der Waals surface area contributed by atoms with Crippen LogP contribution < -0.4 is 0 Å². The number of carbonyl (C=O) groups excluding carboxylic acids is 2. The summed E-state index contributed by atoms with van der Waals surface area (Å²) >= 11 is 0. The lowest BCUT2D eigenvalue weighted by Gasteiger charge is -2.07. The van der Waals surface area contributed by atoms with Gasteiger partial charge in [0.05, 0.1) is 16.6 Å². The van der Waals surface area contributed by atoms with Crippen molar-refractivity contribution in [3.8, 4) is 0 Å². The smallest absolute Gasteiger partial charge is 0.339 e. The summed E-state index contributed by atoms with van der Waals surface area (Å²) in [6.07, 6.45) is 2.03. The molecule has 0 spiro atoms. The van der Waals surface area contributed by atoms with Crippen LogP contribution in [0.25, 0.3) is 11.1 Å². The average molecular weight is 354 g/mol. The maximum atomic E-state index is 12.9. The molecule has 4 rings (SSSR count). The van der Waals surface area contributed by atoms with Crippen molar-refractivity contribution in [2.75, 3.05) is 6.61 Å². The Balaban J connectivity index is 1.56. The summed E-state index contributed by atoms with van der Waals surface area (Å²) in [5.74, 6) is -1.17. The fourth-order valence-corrected chi connectivity index (χ4v) is 2.79. The van der Waals surface area contributed by atoms with Gasteiger partial charge in [0.15, 0.2) is 12.4 Å². The molecule has 1 aliphatic rings. The Morgan fingerprint density at radius 1 is 1.27 bits per heavy atom. The molecule has 2 aromatic heterocycles. The third-order valence-corrected chi connectivity index (χ3v) is 4.35. The fraction of sp³-hybridized carbons (Fsp3) is 0.263. The van der Waals surface area contributed by atoms with Crippen LogP contribution in [0.4, 0.5) is 4.39 Å². The van der Waals surface area contributed by atoms with Crippen LogP contribution in [0.15, 0.2) is 34.9 Å². The van der Waals surface area contributed by atoms with Crippen molar-refractivity contribution in [1.29, 1.82) is 0 Å². The Bertz CT molecular complexity index is 1010. The van der Waals surface area contributed by atoms with Crippen molar-refractivity contribution >= 4 is 22.9 Å². The number of halogens is 1. The number of benzene rings is 1. The predicted molar refractivity (Wildman–Crippen MR) is 89.5 cm³/mol. The molecular formula is C19H15FN2O4. The number of pyridine rings is 1. The van der Waals surface area contributed by atoms with E-state index in [0.717, 1.165) is 18.5 Å². The second-order valence-electron chi connectivity index (χ2n) is 6.32. The summed E-state index contributed by atoms with van der Waals surface area (Å²) in [5.41, 5.74) is 2.17. The van der Waals surface area contributed by atoms with E-state index in [1.807, 2.05) is 0 Å². The van der Waals surface area contributed by atoms with Crippen LogP contribution in [0.2, 0.25) is 0 Å². The van der Waals surface area contributed by atoms with Crippen molar-refractivity contribution < 1.29 is 23.2 Å². The molecule has 0 N–H and O–H groups in total. The lowest BCUT2D eigenvalue weighted by atomic mass is 10.1. The monoisotopic (exact) mass is 354 g/mol. The summed E-state index contributed by atoms with van der Waals surface area (Å²) in [5, 5.41) is 4.36. The Kier molecular flexibility index (Phi) is 3.99. The van der Waals surface area contributed by atoms with E-state index < -0.39 is 24.2 Å². The SMILES string of the molecule is Cc1noc2nc(C3CC3)cc(C(=O)OCC(=O)c3ccc(F)cc3)c12. The summed E-state index contributed by atoms with van der Waals surface area (Å²) in [6.45, 7) is 1.28. The van der Waals surface area contributed by atoms with Gasteiger partial charge in [0.2, 0.25) is 0 Å². The predicted octanol–water partition coefficient (Wildman–Crippen LogP) is 3.59. The Labute approximate surface area is 148 Å². The number of aromatic nitrogens is 2. The Hall–Kier alpha value is -3.09. The molecule has 0 radical (unpaired) electrons. The van der Waals surface area contributed by atoms with Crippen LogP contribution in [0.3, 0.4) is 0 Å². The van der Waals surface area contributed by atoms with E-state index in [9.17, 15) is 14.0 Å². The van der Waals surface area contributed by atoms with Crippen LogP contribution in [0, 0.1) is 12.7 Å². The van der Waals surface area contributed by atoms with Crippen molar-refractivity contribution in [3.05, 3.63) is 58.7 Å². The summed E-state index contributed by atoms with van der Waals surface area (Å²) in [6, 6.07) is 6.76. The number of fused-ring (bicyclic) bond motifs is 1. The Morgan fingerprint density at radius 2 is 2.00 bits per heavy atom. The van der Waals surface area contributed by atoms with E-state index in [2.05, 4.69) is 10.1 Å². The van der Waals surface area contributed by atoms with Gasteiger partial charge >= 0.3 is 5.97 Å². The molecule has 132 valence electrons. The van der Waals surface area contributed by atoms with E-state index in [0.29, 0.717) is 28.3 Å². The molecule has 1 saturated carbocycles. The third kappa shape index (κ3) is 3.08. The van der Waals surface area contributed by atoms with Crippen LogP contribution in [0.5, 0.6) is 0 Å². The number of ketones is 1. The highest BCUT2D eigenvalue weighted by Gasteiger charge is 2.29. The number of nitrogens with zero attached hydrogens (tertiary/aromatic N) is 2. The lowest BCUT2D eigenvalue weighted by Crippen LogP contribution is -2.15. The maximum Gasteiger partial charge on any atom is 0.339 e. The van der Waals surface area contributed by atoms with Gasteiger partial charge in [-0.05, 0) is 50.1 Å². The van der Waals surface area contributed by atoms with Gasteiger partial charge in [-0.2, -0.15) is 0 Å². The Morgan fingerprint density at radius 3 is 2.69 bits per heavy atom. The summed E-state index contributed by atoms with van der Waals surface area (Å²) in [4.78, 5) is 29.1. The van der Waals surface area contributed by atoms with Crippen LogP contribution >= 0.6 is 0 Å². The number of Topliss-reactive ketones (excluding diaryl/α,β-unsaturated/α-hetero) is 1. The first kappa shape index (κ1) is 16.4. The highest BCUT2D eigenvalue weighted by Crippen LogP contribution is 2.40. The molecule has 0 unspecified atom stereocenters. The molecule has 0 aliphatic heterocycles. The minimum atomic E-state index is -0.638. The minimum absolute atomic E-state index is 0.277. The number of carbonyl (C=O) groups is 2. The van der Waals surface area contributed by atoms with E-state index in [-0.39, 0.29) is 5.56 Å². The van der Waals surface area contributed by atoms with Gasteiger partial charge < -0.3 is 9.26 Å². The molecule has 1 aromatic carbocycles. The largest absolute Gasteiger partial charge is 0.454 e. The topological polar surface area (TPSA) is 82.3 Å². The molecule has 0 saturated heterocycles. The maximum absolute atomic E-state index is 12.9. The average Bonchev–Trinajstić information content (AvgIpc) is 3.43. The highest BCUT2D eigenvalue weighted by molar-refractivity contribution is 6.05. The molecule has 3 aromatic rings. The van der Waals surface area contributed by atoms with Crippen molar-refractivity contribution in [2.24, 2.45) is 0 Å². The number of aryl methyl sites for hydroxylation is 1. The minimum Gasteiger partial charge on any atom is -0.454 e. The molecule has 26 heavy (non-hydrogen) atoms. The first-order valence-electron chi connectivity index (χ1n) is 8.25. The van der Waals surface area contributed by atoms with E-state index in [1.165, 1.54) is 24.3 Å². The molecular weight excluding hydrogens is 339 g/mol. The zero-order valence-electron chi connectivity index (χ0n) is 14.0. The van der Waals surface area contributed by atoms with E-state index in [1.54, 1.807) is 13.0 Å². The number of hydrogen-bond acceptors (Lipinski definition) is 6. The molecule has 1 aliphatic carbocycles. The number of rotatable bonds is 5. The number of esters is 1. The van der Waals surface area contributed by atoms with Gasteiger partial charge in [0.25, 0.3) is 5.71 Å². The normalized spacial score (nSPS) is 13.8. The molecule has 2 heterocycles. The molecule has 7 heteroatoms. The van der Waals surface area contributed by atoms with Gasteiger partial charge in [-0.1, -0.05) is 5.16 Å². The van der Waals surface area contributed by atoms with Crippen LogP contribution in [-0.4, -0.2) is 28.5 Å². The van der Waals surface area contributed by atoms with Gasteiger partial charge in [-0.25, -0.2) is 14.2 Å². The van der Waals surface area contributed by atoms with Gasteiger partial charge in [0, 0.05) is 17.2 Å². The van der Waals surface area contributed by atoms with Gasteiger partial charge in [-0.15, -0.1) is 0 Å². The fourth-order valence-electron chi connectivity index (χ4n) is 2.79. The van der Waals surface area contributed by atoms with Crippen LogP contribution in [-0.2, 0) is 4.74 Å². The van der Waals surface area contributed by atoms with E-state index in [4.69, 9.17) is 9.26 Å². The van der Waals surface area contributed by atoms with Gasteiger partial charge in [0.1, 0.15) is 5.82 Å². The quantitative estimate of drug-likeness (QED) is 0.514.